The lowest BCUT2D eigenvalue weighted by atomic mass is 10.1. The molecule has 0 aliphatic heterocycles. The number of carbonyl (C=O) groups is 1. The van der Waals surface area contributed by atoms with Crippen molar-refractivity contribution in [2.75, 3.05) is 5.32 Å². The number of alkyl halides is 3. The Morgan fingerprint density at radius 2 is 1.78 bits per heavy atom. The average Bonchev–Trinajstić information content (AvgIpc) is 3.17. The highest BCUT2D eigenvalue weighted by molar-refractivity contribution is 6.02. The van der Waals surface area contributed by atoms with Gasteiger partial charge in [0, 0.05) is 11.6 Å². The maximum atomic E-state index is 14.5. The lowest BCUT2D eigenvalue weighted by molar-refractivity contribution is -0.137. The van der Waals surface area contributed by atoms with Crippen molar-refractivity contribution in [2.45, 2.75) is 6.18 Å². The molecule has 0 spiro atoms. The number of oxazole rings is 1. The first-order valence-corrected chi connectivity index (χ1v) is 9.21. The highest BCUT2D eigenvalue weighted by Gasteiger charge is 2.31. The number of halogens is 5. The fourth-order valence-electron chi connectivity index (χ4n) is 2.96. The van der Waals surface area contributed by atoms with Gasteiger partial charge in [0.25, 0.3) is 0 Å². The van der Waals surface area contributed by atoms with Gasteiger partial charge < -0.3 is 9.73 Å². The number of hydrogen-bond acceptors (Lipinski definition) is 3. The Hall–Kier alpha value is -4.01. The smallest absolute Gasteiger partial charge is 0.416 e. The highest BCUT2D eigenvalue weighted by atomic mass is 19.4. The summed E-state index contributed by atoms with van der Waals surface area (Å²) in [6.07, 6.45) is -2.85. The van der Waals surface area contributed by atoms with Crippen LogP contribution < -0.4 is 5.32 Å². The molecule has 0 fully saturated rings. The Labute approximate surface area is 178 Å². The average molecular weight is 444 g/mol. The molecule has 1 N–H and O–H groups in total. The first-order chi connectivity index (χ1) is 15.2. The third-order valence-electron chi connectivity index (χ3n) is 4.44. The van der Waals surface area contributed by atoms with E-state index >= 15 is 0 Å². The Morgan fingerprint density at radius 3 is 2.50 bits per heavy atom. The van der Waals surface area contributed by atoms with Gasteiger partial charge in [0.05, 0.1) is 11.3 Å². The number of hydrogen-bond donors (Lipinski definition) is 1. The first kappa shape index (κ1) is 21.2. The number of aromatic nitrogens is 1. The summed E-state index contributed by atoms with van der Waals surface area (Å²) in [7, 11) is 0. The van der Waals surface area contributed by atoms with Gasteiger partial charge in [-0.2, -0.15) is 13.2 Å². The quantitative estimate of drug-likeness (QED) is 0.291. The number of fused-ring (bicyclic) bond motifs is 1. The lowest BCUT2D eigenvalue weighted by Crippen LogP contribution is -2.09. The lowest BCUT2D eigenvalue weighted by Gasteiger charge is -2.08. The van der Waals surface area contributed by atoms with Gasteiger partial charge in [-0.1, -0.05) is 12.1 Å². The summed E-state index contributed by atoms with van der Waals surface area (Å²) in [5.41, 5.74) is -0.00744. The van der Waals surface area contributed by atoms with E-state index in [4.69, 9.17) is 4.42 Å². The molecule has 4 rings (SSSR count). The molecule has 1 amide bonds. The van der Waals surface area contributed by atoms with Gasteiger partial charge in [0.1, 0.15) is 17.2 Å². The summed E-state index contributed by atoms with van der Waals surface area (Å²) in [5.74, 6) is -2.47. The number of benzene rings is 3. The van der Waals surface area contributed by atoms with Crippen molar-refractivity contribution in [2.24, 2.45) is 0 Å². The molecule has 4 aromatic rings. The number of nitrogens with one attached hydrogen (secondary N) is 1. The predicted octanol–water partition coefficient (Wildman–Crippen LogP) is 6.44. The van der Waals surface area contributed by atoms with Crippen LogP contribution in [-0.4, -0.2) is 10.9 Å². The predicted molar refractivity (Wildman–Crippen MR) is 108 cm³/mol. The Kier molecular flexibility index (Phi) is 5.48. The van der Waals surface area contributed by atoms with Crippen LogP contribution in [0.5, 0.6) is 0 Å². The van der Waals surface area contributed by atoms with Crippen LogP contribution in [0.4, 0.5) is 27.6 Å². The summed E-state index contributed by atoms with van der Waals surface area (Å²) in [6.45, 7) is 0. The molecule has 0 radical (unpaired) electrons. The minimum absolute atomic E-state index is 0.158. The molecule has 1 aromatic heterocycles. The van der Waals surface area contributed by atoms with Crippen LogP contribution in [0.2, 0.25) is 0 Å². The summed E-state index contributed by atoms with van der Waals surface area (Å²) in [6, 6.07) is 12.8. The van der Waals surface area contributed by atoms with Crippen LogP contribution in [0.3, 0.4) is 0 Å². The third-order valence-corrected chi connectivity index (χ3v) is 4.44. The van der Waals surface area contributed by atoms with Crippen LogP contribution in [0.15, 0.2) is 71.2 Å². The number of para-hydroxylation sites is 2. The topological polar surface area (TPSA) is 55.1 Å². The molecule has 0 aliphatic rings. The number of rotatable bonds is 4. The van der Waals surface area contributed by atoms with E-state index in [-0.39, 0.29) is 17.1 Å². The van der Waals surface area contributed by atoms with Crippen LogP contribution in [-0.2, 0) is 11.0 Å². The van der Waals surface area contributed by atoms with Crippen LogP contribution in [0.25, 0.3) is 28.6 Å². The molecule has 4 nitrogen and oxygen atoms in total. The van der Waals surface area contributed by atoms with Crippen molar-refractivity contribution in [3.63, 3.8) is 0 Å². The van der Waals surface area contributed by atoms with Gasteiger partial charge in [-0.05, 0) is 60.2 Å². The maximum Gasteiger partial charge on any atom is 0.416 e. The SMILES string of the molecule is O=C(C=Cc1cc(F)cc(C(F)(F)F)c1)Nc1ccc(-c2nc3ccccc3o2)cc1F. The second-order valence-corrected chi connectivity index (χ2v) is 6.77. The van der Waals surface area contributed by atoms with Crippen molar-refractivity contribution in [3.8, 4) is 11.5 Å². The molecule has 0 aliphatic carbocycles. The molecule has 0 bridgehead atoms. The van der Waals surface area contributed by atoms with E-state index in [9.17, 15) is 26.7 Å². The fraction of sp³-hybridized carbons (Fsp3) is 0.0435. The Balaban J connectivity index is 1.49. The third kappa shape index (κ3) is 4.66. The molecule has 0 saturated heterocycles. The number of carbonyl (C=O) groups excluding carboxylic acids is 1. The van der Waals surface area contributed by atoms with E-state index in [1.165, 1.54) is 12.1 Å². The normalized spacial score (nSPS) is 11.9. The number of anilines is 1. The minimum Gasteiger partial charge on any atom is -0.436 e. The monoisotopic (exact) mass is 444 g/mol. The van der Waals surface area contributed by atoms with Gasteiger partial charge in [0.2, 0.25) is 11.8 Å². The van der Waals surface area contributed by atoms with E-state index in [0.29, 0.717) is 28.8 Å². The van der Waals surface area contributed by atoms with Gasteiger partial charge in [-0.25, -0.2) is 13.8 Å². The van der Waals surface area contributed by atoms with Crippen molar-refractivity contribution < 1.29 is 31.2 Å². The van der Waals surface area contributed by atoms with Crippen molar-refractivity contribution in [3.05, 3.63) is 89.5 Å². The minimum atomic E-state index is -4.73. The zero-order valence-corrected chi connectivity index (χ0v) is 16.1. The number of nitrogens with zero attached hydrogens (tertiary/aromatic N) is 1. The zero-order chi connectivity index (χ0) is 22.9. The molecule has 32 heavy (non-hydrogen) atoms. The fourth-order valence-corrected chi connectivity index (χ4v) is 2.96. The largest absolute Gasteiger partial charge is 0.436 e. The summed E-state index contributed by atoms with van der Waals surface area (Å²) >= 11 is 0. The Morgan fingerprint density at radius 1 is 1.00 bits per heavy atom. The second-order valence-electron chi connectivity index (χ2n) is 6.77. The molecular weight excluding hydrogens is 431 g/mol. The van der Waals surface area contributed by atoms with Gasteiger partial charge in [0.15, 0.2) is 5.58 Å². The maximum absolute atomic E-state index is 14.5. The molecule has 9 heteroatoms. The summed E-state index contributed by atoms with van der Waals surface area (Å²) in [5, 5.41) is 2.28. The van der Waals surface area contributed by atoms with E-state index in [0.717, 1.165) is 24.3 Å². The molecular formula is C23H13F5N2O2. The van der Waals surface area contributed by atoms with Gasteiger partial charge in [-0.3, -0.25) is 4.79 Å². The second kappa shape index (κ2) is 8.26. The van der Waals surface area contributed by atoms with Gasteiger partial charge >= 0.3 is 6.18 Å². The van der Waals surface area contributed by atoms with E-state index in [2.05, 4.69) is 10.3 Å². The molecule has 1 heterocycles. The summed E-state index contributed by atoms with van der Waals surface area (Å²) < 4.78 is 71.8. The Bertz CT molecular complexity index is 1310. The van der Waals surface area contributed by atoms with E-state index < -0.39 is 29.3 Å². The molecule has 3 aromatic carbocycles. The standard InChI is InChI=1S/C23H13F5N2O2/c24-16-10-13(9-15(12-16)23(26,27)28)5-8-21(31)29-18-7-6-14(11-17(18)25)22-30-19-3-1-2-4-20(19)32-22/h1-12H,(H,29,31). The molecule has 0 unspecified atom stereocenters. The highest BCUT2D eigenvalue weighted by Crippen LogP contribution is 2.31. The van der Waals surface area contributed by atoms with Crippen molar-refractivity contribution >= 4 is 28.8 Å². The zero-order valence-electron chi connectivity index (χ0n) is 16.1. The van der Waals surface area contributed by atoms with E-state index in [1.54, 1.807) is 24.3 Å². The van der Waals surface area contributed by atoms with E-state index in [1.807, 2.05) is 0 Å². The number of amides is 1. The van der Waals surface area contributed by atoms with Crippen LogP contribution in [0.1, 0.15) is 11.1 Å². The molecule has 0 atom stereocenters. The van der Waals surface area contributed by atoms with Crippen LogP contribution >= 0.6 is 0 Å². The van der Waals surface area contributed by atoms with Crippen molar-refractivity contribution in [1.82, 2.24) is 4.98 Å². The summed E-state index contributed by atoms with van der Waals surface area (Å²) in [4.78, 5) is 16.3. The first-order valence-electron chi connectivity index (χ1n) is 9.21. The van der Waals surface area contributed by atoms with Crippen molar-refractivity contribution in [1.29, 1.82) is 0 Å². The van der Waals surface area contributed by atoms with Crippen LogP contribution in [0, 0.1) is 11.6 Å². The molecule has 162 valence electrons. The van der Waals surface area contributed by atoms with Gasteiger partial charge in [-0.15, -0.1) is 0 Å². The molecule has 0 saturated carbocycles.